The topological polar surface area (TPSA) is 60.5 Å². The maximum absolute atomic E-state index is 12.6. The molecule has 1 amide bonds. The van der Waals surface area contributed by atoms with Gasteiger partial charge in [-0.05, 0) is 26.0 Å². The quantitative estimate of drug-likeness (QED) is 0.865. The van der Waals surface area contributed by atoms with Crippen LogP contribution in [0.3, 0.4) is 0 Å². The van der Waals surface area contributed by atoms with Crippen molar-refractivity contribution in [2.75, 3.05) is 13.2 Å². The van der Waals surface area contributed by atoms with Crippen LogP contribution in [-0.2, 0) is 17.8 Å². The van der Waals surface area contributed by atoms with Gasteiger partial charge in [0, 0.05) is 25.0 Å². The van der Waals surface area contributed by atoms with Crippen LogP contribution < -0.4 is 0 Å². The van der Waals surface area contributed by atoms with Crippen molar-refractivity contribution in [3.8, 4) is 0 Å². The van der Waals surface area contributed by atoms with Crippen LogP contribution in [0, 0.1) is 6.92 Å². The number of rotatable bonds is 3. The lowest BCUT2D eigenvalue weighted by atomic mass is 10.2. The third-order valence-electron chi connectivity index (χ3n) is 3.73. The largest absolute Gasteiger partial charge is 0.438 e. The van der Waals surface area contributed by atoms with Crippen LogP contribution in [0.25, 0.3) is 0 Å². The van der Waals surface area contributed by atoms with Gasteiger partial charge >= 0.3 is 0 Å². The number of carbonyl (C=O) groups is 1. The molecule has 0 aromatic carbocycles. The Kier molecular flexibility index (Phi) is 3.79. The van der Waals surface area contributed by atoms with Gasteiger partial charge in [-0.25, -0.2) is 4.98 Å². The van der Waals surface area contributed by atoms with E-state index in [0.29, 0.717) is 31.2 Å². The molecule has 0 N–H and O–H groups in total. The highest BCUT2D eigenvalue weighted by atomic mass is 16.5. The van der Waals surface area contributed by atoms with E-state index in [2.05, 4.69) is 9.55 Å². The minimum absolute atomic E-state index is 0.0178. The summed E-state index contributed by atoms with van der Waals surface area (Å²) in [5.74, 6) is 0.176. The molecule has 0 fully saturated rings. The minimum Gasteiger partial charge on any atom is -0.438 e. The van der Waals surface area contributed by atoms with Gasteiger partial charge in [-0.1, -0.05) is 0 Å². The number of carbonyl (C=O) groups excluding carboxylic acids is 1. The number of ether oxygens (including phenoxy) is 1. The van der Waals surface area contributed by atoms with Crippen molar-refractivity contribution in [3.63, 3.8) is 0 Å². The molecule has 0 bridgehead atoms. The number of aromatic nitrogens is 2. The van der Waals surface area contributed by atoms with E-state index in [0.717, 1.165) is 12.2 Å². The standard InChI is InChI=1S/C15H19N3O3/c1-3-20-13-8-17-6-4-5-12(17)7-18(9-13)15(19)14-11(2)16-10-21-14/h4-6,10,13H,3,7-9H2,1-2H3. The summed E-state index contributed by atoms with van der Waals surface area (Å²) in [6, 6.07) is 4.02. The molecule has 2 aromatic heterocycles. The number of oxazole rings is 1. The zero-order chi connectivity index (χ0) is 14.8. The molecule has 0 radical (unpaired) electrons. The first kappa shape index (κ1) is 13.9. The maximum Gasteiger partial charge on any atom is 0.292 e. The Labute approximate surface area is 123 Å². The Morgan fingerprint density at radius 1 is 1.52 bits per heavy atom. The molecule has 6 heteroatoms. The molecule has 0 saturated heterocycles. The van der Waals surface area contributed by atoms with Crippen molar-refractivity contribution < 1.29 is 13.9 Å². The van der Waals surface area contributed by atoms with Crippen molar-refractivity contribution in [2.45, 2.75) is 33.0 Å². The van der Waals surface area contributed by atoms with E-state index in [9.17, 15) is 4.79 Å². The van der Waals surface area contributed by atoms with E-state index in [1.54, 1.807) is 11.8 Å². The summed E-state index contributed by atoms with van der Waals surface area (Å²) in [4.78, 5) is 18.4. The first-order chi connectivity index (χ1) is 10.2. The van der Waals surface area contributed by atoms with Crippen molar-refractivity contribution in [2.24, 2.45) is 0 Å². The number of nitrogens with zero attached hydrogens (tertiary/aromatic N) is 3. The monoisotopic (exact) mass is 289 g/mol. The molecule has 0 spiro atoms. The molecule has 1 unspecified atom stereocenters. The van der Waals surface area contributed by atoms with E-state index in [1.165, 1.54) is 6.39 Å². The first-order valence-electron chi connectivity index (χ1n) is 7.14. The average Bonchev–Trinajstić information content (AvgIpc) is 3.03. The van der Waals surface area contributed by atoms with Crippen molar-refractivity contribution in [3.05, 3.63) is 41.9 Å². The Morgan fingerprint density at radius 3 is 3.10 bits per heavy atom. The summed E-state index contributed by atoms with van der Waals surface area (Å²) in [6.45, 7) is 6.23. The highest BCUT2D eigenvalue weighted by Crippen LogP contribution is 2.18. The SMILES string of the molecule is CCOC1CN(C(=O)c2ocnc2C)Cc2cccn2C1. The molecule has 0 aliphatic carbocycles. The molecule has 3 heterocycles. The highest BCUT2D eigenvalue weighted by Gasteiger charge is 2.28. The molecule has 0 saturated carbocycles. The second-order valence-corrected chi connectivity index (χ2v) is 5.18. The Morgan fingerprint density at radius 2 is 2.38 bits per heavy atom. The highest BCUT2D eigenvalue weighted by molar-refractivity contribution is 5.92. The lowest BCUT2D eigenvalue weighted by Gasteiger charge is -2.23. The fourth-order valence-corrected chi connectivity index (χ4v) is 2.70. The Hall–Kier alpha value is -2.08. The number of amides is 1. The van der Waals surface area contributed by atoms with E-state index in [-0.39, 0.29) is 12.0 Å². The van der Waals surface area contributed by atoms with Crippen LogP contribution in [0.15, 0.2) is 29.1 Å². The van der Waals surface area contributed by atoms with Crippen LogP contribution in [0.1, 0.15) is 28.9 Å². The van der Waals surface area contributed by atoms with Crippen LogP contribution >= 0.6 is 0 Å². The van der Waals surface area contributed by atoms with Gasteiger partial charge in [0.2, 0.25) is 5.76 Å². The summed E-state index contributed by atoms with van der Waals surface area (Å²) < 4.78 is 13.1. The number of hydrogen-bond acceptors (Lipinski definition) is 4. The van der Waals surface area contributed by atoms with E-state index < -0.39 is 0 Å². The molecular weight excluding hydrogens is 270 g/mol. The number of fused-ring (bicyclic) bond motifs is 1. The van der Waals surface area contributed by atoms with Crippen molar-refractivity contribution in [1.82, 2.24) is 14.5 Å². The predicted octanol–water partition coefficient (Wildman–Crippen LogP) is 1.85. The smallest absolute Gasteiger partial charge is 0.292 e. The van der Waals surface area contributed by atoms with Crippen LogP contribution in [0.4, 0.5) is 0 Å². The normalized spacial score (nSPS) is 18.4. The van der Waals surface area contributed by atoms with Gasteiger partial charge in [-0.2, -0.15) is 0 Å². The predicted molar refractivity (Wildman–Crippen MR) is 75.8 cm³/mol. The third-order valence-corrected chi connectivity index (χ3v) is 3.73. The van der Waals surface area contributed by atoms with Crippen molar-refractivity contribution >= 4 is 5.91 Å². The van der Waals surface area contributed by atoms with Gasteiger partial charge < -0.3 is 18.6 Å². The Balaban J connectivity index is 1.87. The van der Waals surface area contributed by atoms with Gasteiger partial charge in [0.05, 0.1) is 24.9 Å². The number of aryl methyl sites for hydroxylation is 1. The lowest BCUT2D eigenvalue weighted by molar-refractivity contribution is 0.0247. The van der Waals surface area contributed by atoms with Crippen molar-refractivity contribution in [1.29, 1.82) is 0 Å². The summed E-state index contributed by atoms with van der Waals surface area (Å²) in [5, 5.41) is 0. The second kappa shape index (κ2) is 5.73. The fraction of sp³-hybridized carbons (Fsp3) is 0.467. The van der Waals surface area contributed by atoms with Gasteiger partial charge in [0.25, 0.3) is 5.91 Å². The van der Waals surface area contributed by atoms with E-state index in [1.807, 2.05) is 25.3 Å². The van der Waals surface area contributed by atoms with E-state index >= 15 is 0 Å². The van der Waals surface area contributed by atoms with E-state index in [4.69, 9.17) is 9.15 Å². The molecule has 1 aliphatic heterocycles. The zero-order valence-corrected chi connectivity index (χ0v) is 12.3. The van der Waals surface area contributed by atoms with Gasteiger partial charge in [0.15, 0.2) is 6.39 Å². The van der Waals surface area contributed by atoms with Gasteiger partial charge in [0.1, 0.15) is 0 Å². The molecule has 1 aliphatic rings. The first-order valence-corrected chi connectivity index (χ1v) is 7.14. The van der Waals surface area contributed by atoms with Gasteiger partial charge in [-0.3, -0.25) is 4.79 Å². The summed E-state index contributed by atoms with van der Waals surface area (Å²) in [6.07, 6.45) is 3.31. The van der Waals surface area contributed by atoms with Crippen LogP contribution in [0.5, 0.6) is 0 Å². The molecular formula is C15H19N3O3. The Bertz CT molecular complexity index is 632. The fourth-order valence-electron chi connectivity index (χ4n) is 2.70. The second-order valence-electron chi connectivity index (χ2n) is 5.18. The minimum atomic E-state index is -0.135. The van der Waals surface area contributed by atoms with Crippen LogP contribution in [-0.4, -0.2) is 39.6 Å². The molecule has 21 heavy (non-hydrogen) atoms. The maximum atomic E-state index is 12.6. The number of hydrogen-bond donors (Lipinski definition) is 0. The molecule has 3 rings (SSSR count). The van der Waals surface area contributed by atoms with Crippen LogP contribution in [0.2, 0.25) is 0 Å². The summed E-state index contributed by atoms with van der Waals surface area (Å²) in [5.41, 5.74) is 1.72. The summed E-state index contributed by atoms with van der Waals surface area (Å²) >= 11 is 0. The molecule has 112 valence electrons. The zero-order valence-electron chi connectivity index (χ0n) is 12.3. The average molecular weight is 289 g/mol. The summed E-state index contributed by atoms with van der Waals surface area (Å²) in [7, 11) is 0. The van der Waals surface area contributed by atoms with Gasteiger partial charge in [-0.15, -0.1) is 0 Å². The molecule has 2 aromatic rings. The lowest BCUT2D eigenvalue weighted by Crippen LogP contribution is -2.37. The third kappa shape index (κ3) is 2.71. The molecule has 6 nitrogen and oxygen atoms in total. The molecule has 1 atom stereocenters.